The van der Waals surface area contributed by atoms with Gasteiger partial charge in [0.05, 0.1) is 6.42 Å². The van der Waals surface area contributed by atoms with Gasteiger partial charge in [-0.15, -0.1) is 0 Å². The predicted octanol–water partition coefficient (Wildman–Crippen LogP) is 1.49. The molecule has 22 heavy (non-hydrogen) atoms. The number of aromatic nitrogens is 2. The largest absolute Gasteiger partial charge is 0.387 e. The number of aromatic amines is 1. The zero-order valence-electron chi connectivity index (χ0n) is 13.1. The molecule has 7 heteroatoms. The van der Waals surface area contributed by atoms with E-state index in [2.05, 4.69) is 26.8 Å². The standard InChI is InChI=1S/C15H25N7/c1-3-22(2)8-4-7-18-13(16)10-14(17)19-15-9-12(20-21-15)11-5-6-11/h3,9,11H,1,4-8,10H2,2H3,(H2,16,18)(H3,17,19,20,21). The van der Waals surface area contributed by atoms with Gasteiger partial charge in [0.15, 0.2) is 5.82 Å². The second-order valence-electron chi connectivity index (χ2n) is 5.63. The number of H-pyrrole nitrogens is 1. The first-order chi connectivity index (χ1) is 10.6. The second kappa shape index (κ2) is 7.63. The summed E-state index contributed by atoms with van der Waals surface area (Å²) in [5, 5.41) is 7.14. The summed E-state index contributed by atoms with van der Waals surface area (Å²) in [6.45, 7) is 5.27. The van der Waals surface area contributed by atoms with Gasteiger partial charge < -0.3 is 16.4 Å². The van der Waals surface area contributed by atoms with Crippen LogP contribution in [0.4, 0.5) is 5.82 Å². The Morgan fingerprint density at radius 1 is 1.50 bits per heavy atom. The molecule has 0 aliphatic heterocycles. The molecule has 0 saturated heterocycles. The highest BCUT2D eigenvalue weighted by Gasteiger charge is 2.25. The van der Waals surface area contributed by atoms with Crippen LogP contribution in [-0.4, -0.2) is 46.9 Å². The second-order valence-corrected chi connectivity index (χ2v) is 5.63. The van der Waals surface area contributed by atoms with Gasteiger partial charge in [-0.2, -0.15) is 5.10 Å². The van der Waals surface area contributed by atoms with Crippen molar-refractivity contribution < 1.29 is 0 Å². The van der Waals surface area contributed by atoms with E-state index in [9.17, 15) is 0 Å². The Labute approximate surface area is 131 Å². The Kier molecular flexibility index (Phi) is 5.57. The molecule has 0 amide bonds. The molecule has 1 fully saturated rings. The average molecular weight is 303 g/mol. The summed E-state index contributed by atoms with van der Waals surface area (Å²) in [4.78, 5) is 10.6. The number of amidine groups is 2. The van der Waals surface area contributed by atoms with Crippen LogP contribution in [0.25, 0.3) is 0 Å². The first-order valence-corrected chi connectivity index (χ1v) is 7.58. The molecule has 0 unspecified atom stereocenters. The number of nitrogens with one attached hydrogen (secondary N) is 1. The quantitative estimate of drug-likeness (QED) is 0.365. The summed E-state index contributed by atoms with van der Waals surface area (Å²) in [5.74, 6) is 2.16. The summed E-state index contributed by atoms with van der Waals surface area (Å²) < 4.78 is 0. The molecule has 5 N–H and O–H groups in total. The van der Waals surface area contributed by atoms with Crippen molar-refractivity contribution in [1.82, 2.24) is 15.1 Å². The van der Waals surface area contributed by atoms with Crippen molar-refractivity contribution >= 4 is 17.5 Å². The van der Waals surface area contributed by atoms with E-state index < -0.39 is 0 Å². The third-order valence-electron chi connectivity index (χ3n) is 3.52. The van der Waals surface area contributed by atoms with Crippen LogP contribution in [-0.2, 0) is 0 Å². The third-order valence-corrected chi connectivity index (χ3v) is 3.52. The van der Waals surface area contributed by atoms with Gasteiger partial charge in [-0.05, 0) is 25.5 Å². The van der Waals surface area contributed by atoms with Crippen molar-refractivity contribution in [2.75, 3.05) is 20.1 Å². The number of aliphatic imine (C=N–C) groups is 2. The Bertz CT molecular complexity index is 554. The molecule has 1 aromatic heterocycles. The molecule has 7 nitrogen and oxygen atoms in total. The van der Waals surface area contributed by atoms with Crippen molar-refractivity contribution in [2.45, 2.75) is 31.6 Å². The van der Waals surface area contributed by atoms with Gasteiger partial charge in [0.25, 0.3) is 0 Å². The van der Waals surface area contributed by atoms with E-state index >= 15 is 0 Å². The van der Waals surface area contributed by atoms with E-state index in [0.717, 1.165) is 18.7 Å². The number of hydrogen-bond acceptors (Lipinski definition) is 4. The van der Waals surface area contributed by atoms with Crippen LogP contribution in [0, 0.1) is 0 Å². The molecule has 1 saturated carbocycles. The third kappa shape index (κ3) is 5.23. The van der Waals surface area contributed by atoms with E-state index in [1.165, 1.54) is 12.8 Å². The molecule has 0 bridgehead atoms. The van der Waals surface area contributed by atoms with E-state index in [1.807, 2.05) is 18.0 Å². The van der Waals surface area contributed by atoms with Gasteiger partial charge >= 0.3 is 0 Å². The van der Waals surface area contributed by atoms with E-state index in [-0.39, 0.29) is 0 Å². The first-order valence-electron chi connectivity index (χ1n) is 7.58. The Hall–Kier alpha value is -2.31. The molecule has 120 valence electrons. The van der Waals surface area contributed by atoms with E-state index in [0.29, 0.717) is 36.4 Å². The lowest BCUT2D eigenvalue weighted by atomic mass is 10.3. The lowest BCUT2D eigenvalue weighted by Gasteiger charge is -2.11. The van der Waals surface area contributed by atoms with Gasteiger partial charge in [-0.3, -0.25) is 10.1 Å². The summed E-state index contributed by atoms with van der Waals surface area (Å²) in [6.07, 6.45) is 5.52. The smallest absolute Gasteiger partial charge is 0.175 e. The van der Waals surface area contributed by atoms with Crippen LogP contribution in [0.5, 0.6) is 0 Å². The Morgan fingerprint density at radius 3 is 2.95 bits per heavy atom. The van der Waals surface area contributed by atoms with Crippen LogP contribution in [0.3, 0.4) is 0 Å². The van der Waals surface area contributed by atoms with Gasteiger partial charge in [-0.25, -0.2) is 4.99 Å². The van der Waals surface area contributed by atoms with Crippen LogP contribution < -0.4 is 11.5 Å². The average Bonchev–Trinajstić information content (AvgIpc) is 3.24. The fourth-order valence-corrected chi connectivity index (χ4v) is 2.05. The lowest BCUT2D eigenvalue weighted by Crippen LogP contribution is -2.23. The van der Waals surface area contributed by atoms with Crippen molar-refractivity contribution in [3.05, 3.63) is 24.5 Å². The molecule has 1 aliphatic rings. The molecular formula is C15H25N7. The minimum Gasteiger partial charge on any atom is -0.387 e. The molecule has 2 rings (SSSR count). The van der Waals surface area contributed by atoms with Crippen molar-refractivity contribution in [2.24, 2.45) is 21.5 Å². The summed E-state index contributed by atoms with van der Waals surface area (Å²) in [5.41, 5.74) is 12.9. The molecule has 1 heterocycles. The molecular weight excluding hydrogens is 278 g/mol. The van der Waals surface area contributed by atoms with Gasteiger partial charge in [0.2, 0.25) is 0 Å². The number of rotatable bonds is 9. The van der Waals surface area contributed by atoms with Gasteiger partial charge in [0.1, 0.15) is 11.7 Å². The minimum absolute atomic E-state index is 0.364. The number of nitrogens with two attached hydrogens (primary N) is 2. The van der Waals surface area contributed by atoms with Crippen molar-refractivity contribution in [3.8, 4) is 0 Å². The highest BCUT2D eigenvalue weighted by molar-refractivity contribution is 6.01. The van der Waals surface area contributed by atoms with Crippen LogP contribution in [0.1, 0.15) is 37.3 Å². The summed E-state index contributed by atoms with van der Waals surface area (Å²) in [7, 11) is 1.98. The fraction of sp³-hybridized carbons (Fsp3) is 0.533. The van der Waals surface area contributed by atoms with Gasteiger partial charge in [0, 0.05) is 37.8 Å². The van der Waals surface area contributed by atoms with Crippen LogP contribution in [0.15, 0.2) is 28.8 Å². The molecule has 0 spiro atoms. The molecule has 1 aromatic rings. The maximum Gasteiger partial charge on any atom is 0.175 e. The SMILES string of the molecule is C=CN(C)CCCN=C(N)CC(N)=Nc1cc(C2CC2)[nH]n1. The van der Waals surface area contributed by atoms with Crippen LogP contribution >= 0.6 is 0 Å². The first kappa shape index (κ1) is 16.1. The molecule has 0 radical (unpaired) electrons. The van der Waals surface area contributed by atoms with E-state index in [1.54, 1.807) is 6.20 Å². The fourth-order valence-electron chi connectivity index (χ4n) is 2.05. The molecule has 0 atom stereocenters. The number of nitrogens with zero attached hydrogens (tertiary/aromatic N) is 4. The highest BCUT2D eigenvalue weighted by atomic mass is 15.2. The highest BCUT2D eigenvalue weighted by Crippen LogP contribution is 2.39. The topological polar surface area (TPSA) is 109 Å². The number of hydrogen-bond donors (Lipinski definition) is 3. The normalized spacial score (nSPS) is 15.9. The molecule has 1 aliphatic carbocycles. The monoisotopic (exact) mass is 303 g/mol. The lowest BCUT2D eigenvalue weighted by molar-refractivity contribution is 0.449. The van der Waals surface area contributed by atoms with Crippen LogP contribution in [0.2, 0.25) is 0 Å². The Morgan fingerprint density at radius 2 is 2.27 bits per heavy atom. The van der Waals surface area contributed by atoms with Gasteiger partial charge in [-0.1, -0.05) is 6.58 Å². The Balaban J connectivity index is 1.77. The minimum atomic E-state index is 0.364. The summed E-state index contributed by atoms with van der Waals surface area (Å²) >= 11 is 0. The zero-order chi connectivity index (χ0) is 15.9. The molecule has 0 aromatic carbocycles. The van der Waals surface area contributed by atoms with E-state index in [4.69, 9.17) is 11.5 Å². The van der Waals surface area contributed by atoms with Crippen molar-refractivity contribution in [3.63, 3.8) is 0 Å². The predicted molar refractivity (Wildman–Crippen MR) is 90.4 cm³/mol. The maximum absolute atomic E-state index is 5.90. The summed E-state index contributed by atoms with van der Waals surface area (Å²) in [6, 6.07) is 1.95. The van der Waals surface area contributed by atoms with Crippen molar-refractivity contribution in [1.29, 1.82) is 0 Å². The maximum atomic E-state index is 5.90. The zero-order valence-corrected chi connectivity index (χ0v) is 13.1.